The summed E-state index contributed by atoms with van der Waals surface area (Å²) in [6.07, 6.45) is 3.27. The van der Waals surface area contributed by atoms with Crippen molar-refractivity contribution in [2.45, 2.75) is 59.7 Å². The van der Waals surface area contributed by atoms with Crippen LogP contribution in [-0.4, -0.2) is 78.6 Å². The van der Waals surface area contributed by atoms with Gasteiger partial charge in [-0.1, -0.05) is 30.8 Å². The lowest BCUT2D eigenvalue weighted by Gasteiger charge is -2.37. The first-order chi connectivity index (χ1) is 22.2. The van der Waals surface area contributed by atoms with Gasteiger partial charge in [0, 0.05) is 87.6 Å². The van der Waals surface area contributed by atoms with Crippen molar-refractivity contribution in [3.8, 4) is 11.1 Å². The van der Waals surface area contributed by atoms with Crippen molar-refractivity contribution in [2.24, 2.45) is 0 Å². The average Bonchev–Trinajstić information content (AvgIpc) is 3.06. The Hall–Kier alpha value is -4.21. The fraction of sp³-hybridized carbons (Fsp3) is 0.432. The molecule has 2 N–H and O–H groups in total. The summed E-state index contributed by atoms with van der Waals surface area (Å²) < 4.78 is 5.66. The third-order valence-corrected chi connectivity index (χ3v) is 9.38. The van der Waals surface area contributed by atoms with Gasteiger partial charge in [-0.3, -0.25) is 19.3 Å². The molecule has 0 spiro atoms. The Balaban J connectivity index is 1.41. The standard InChI is InChI=1S/C37H47N5O4/c1-6-35(43)41-16-14-40(15-17-41)24-28-8-10-29(11-9-28)30-21-32(36(44)38-23-33-25(3)20-26(4)39-37(33)45)27(5)34(22-30)42(7-2)31-12-18-46-19-13-31/h6,8-11,20-22,31H,1,7,12-19,23-24H2,2-5H3,(H,38,44)(H,39,45). The number of aromatic nitrogens is 1. The maximum absolute atomic E-state index is 13.8. The molecule has 3 heterocycles. The first-order valence-corrected chi connectivity index (χ1v) is 16.4. The first-order valence-electron chi connectivity index (χ1n) is 16.4. The highest BCUT2D eigenvalue weighted by molar-refractivity contribution is 5.99. The van der Waals surface area contributed by atoms with E-state index >= 15 is 0 Å². The lowest BCUT2D eigenvalue weighted by Crippen LogP contribution is -2.47. The number of carbonyl (C=O) groups is 2. The number of carbonyl (C=O) groups excluding carboxylic acids is 2. The van der Waals surface area contributed by atoms with Gasteiger partial charge in [0.25, 0.3) is 11.5 Å². The van der Waals surface area contributed by atoms with Crippen LogP contribution in [0, 0.1) is 20.8 Å². The third-order valence-electron chi connectivity index (χ3n) is 9.38. The number of ether oxygens (including phenoxy) is 1. The summed E-state index contributed by atoms with van der Waals surface area (Å²) in [5, 5.41) is 3.04. The van der Waals surface area contributed by atoms with Crippen LogP contribution >= 0.6 is 0 Å². The van der Waals surface area contributed by atoms with Gasteiger partial charge in [-0.15, -0.1) is 0 Å². The van der Waals surface area contributed by atoms with Gasteiger partial charge in [0.2, 0.25) is 5.91 Å². The van der Waals surface area contributed by atoms with Gasteiger partial charge in [0.15, 0.2) is 0 Å². The molecule has 0 atom stereocenters. The zero-order chi connectivity index (χ0) is 32.8. The van der Waals surface area contributed by atoms with Crippen LogP contribution in [0.25, 0.3) is 11.1 Å². The highest BCUT2D eigenvalue weighted by atomic mass is 16.5. The van der Waals surface area contributed by atoms with E-state index in [-0.39, 0.29) is 23.9 Å². The molecular weight excluding hydrogens is 578 g/mol. The number of nitrogens with zero attached hydrogens (tertiary/aromatic N) is 3. The summed E-state index contributed by atoms with van der Waals surface area (Å²) in [6.45, 7) is 17.9. The molecule has 0 saturated carbocycles. The number of amides is 2. The van der Waals surface area contributed by atoms with Crippen molar-refractivity contribution in [2.75, 3.05) is 50.8 Å². The topological polar surface area (TPSA) is 98.0 Å². The monoisotopic (exact) mass is 625 g/mol. The summed E-state index contributed by atoms with van der Waals surface area (Å²) in [4.78, 5) is 47.9. The van der Waals surface area contributed by atoms with Gasteiger partial charge < -0.3 is 24.8 Å². The lowest BCUT2D eigenvalue weighted by molar-refractivity contribution is -0.127. The number of anilines is 1. The van der Waals surface area contributed by atoms with E-state index in [1.54, 1.807) is 0 Å². The van der Waals surface area contributed by atoms with Crippen LogP contribution in [0.5, 0.6) is 0 Å². The summed E-state index contributed by atoms with van der Waals surface area (Å²) >= 11 is 0. The Kier molecular flexibility index (Phi) is 10.8. The lowest BCUT2D eigenvalue weighted by atomic mass is 9.94. The number of rotatable bonds is 10. The molecule has 1 aromatic heterocycles. The minimum atomic E-state index is -0.200. The van der Waals surface area contributed by atoms with E-state index in [2.05, 4.69) is 63.9 Å². The minimum Gasteiger partial charge on any atom is -0.381 e. The van der Waals surface area contributed by atoms with E-state index in [1.165, 1.54) is 11.6 Å². The van der Waals surface area contributed by atoms with Crippen LogP contribution in [-0.2, 0) is 22.6 Å². The van der Waals surface area contributed by atoms with Gasteiger partial charge in [-0.25, -0.2) is 0 Å². The molecule has 5 rings (SSSR count). The highest BCUT2D eigenvalue weighted by Crippen LogP contribution is 2.34. The van der Waals surface area contributed by atoms with Gasteiger partial charge in [-0.2, -0.15) is 0 Å². The van der Waals surface area contributed by atoms with Gasteiger partial charge in [0.1, 0.15) is 0 Å². The van der Waals surface area contributed by atoms with Crippen LogP contribution in [0.3, 0.4) is 0 Å². The molecule has 0 bridgehead atoms. The Morgan fingerprint density at radius 3 is 2.35 bits per heavy atom. The highest BCUT2D eigenvalue weighted by Gasteiger charge is 2.25. The summed E-state index contributed by atoms with van der Waals surface area (Å²) in [6, 6.07) is 15.0. The number of nitrogens with one attached hydrogen (secondary N) is 2. The van der Waals surface area contributed by atoms with Crippen LogP contribution < -0.4 is 15.8 Å². The molecule has 9 heteroatoms. The number of piperazine rings is 1. The fourth-order valence-electron chi connectivity index (χ4n) is 6.70. The molecule has 0 unspecified atom stereocenters. The molecule has 2 aliphatic heterocycles. The summed E-state index contributed by atoms with van der Waals surface area (Å²) in [7, 11) is 0. The normalized spacial score (nSPS) is 15.9. The quantitative estimate of drug-likeness (QED) is 0.316. The van der Waals surface area contributed by atoms with Crippen molar-refractivity contribution in [3.05, 3.63) is 99.0 Å². The molecule has 3 aromatic rings. The van der Waals surface area contributed by atoms with Gasteiger partial charge >= 0.3 is 0 Å². The van der Waals surface area contributed by atoms with E-state index in [9.17, 15) is 14.4 Å². The molecule has 9 nitrogen and oxygen atoms in total. The number of H-pyrrole nitrogens is 1. The van der Waals surface area contributed by atoms with Crippen LogP contribution in [0.2, 0.25) is 0 Å². The zero-order valence-electron chi connectivity index (χ0n) is 27.7. The second kappa shape index (κ2) is 14.9. The van der Waals surface area contributed by atoms with E-state index in [0.29, 0.717) is 30.3 Å². The molecule has 2 aliphatic rings. The molecule has 2 amide bonds. The van der Waals surface area contributed by atoms with Crippen molar-refractivity contribution >= 4 is 17.5 Å². The van der Waals surface area contributed by atoms with E-state index in [1.807, 2.05) is 37.8 Å². The van der Waals surface area contributed by atoms with Gasteiger partial charge in [-0.05, 0) is 92.6 Å². The van der Waals surface area contributed by atoms with Crippen molar-refractivity contribution in [1.29, 1.82) is 0 Å². The molecule has 2 saturated heterocycles. The maximum Gasteiger partial charge on any atom is 0.253 e. The van der Waals surface area contributed by atoms with Gasteiger partial charge in [0.05, 0.1) is 0 Å². The third kappa shape index (κ3) is 7.59. The molecule has 244 valence electrons. The smallest absolute Gasteiger partial charge is 0.253 e. The SMILES string of the molecule is C=CC(=O)N1CCN(Cc2ccc(-c3cc(C(=O)NCc4c(C)cc(C)[nH]c4=O)c(C)c(N(CC)C4CCOCC4)c3)cc2)CC1. The Labute approximate surface area is 272 Å². The summed E-state index contributed by atoms with van der Waals surface area (Å²) in [5.74, 6) is -0.208. The Morgan fingerprint density at radius 1 is 1.02 bits per heavy atom. The van der Waals surface area contributed by atoms with Crippen molar-refractivity contribution in [1.82, 2.24) is 20.1 Å². The Morgan fingerprint density at radius 2 is 1.72 bits per heavy atom. The largest absolute Gasteiger partial charge is 0.381 e. The van der Waals surface area contributed by atoms with Crippen molar-refractivity contribution < 1.29 is 14.3 Å². The fourth-order valence-corrected chi connectivity index (χ4v) is 6.70. The number of benzene rings is 2. The van der Waals surface area contributed by atoms with Crippen molar-refractivity contribution in [3.63, 3.8) is 0 Å². The van der Waals surface area contributed by atoms with Crippen LogP contribution in [0.15, 0.2) is 59.9 Å². The van der Waals surface area contributed by atoms with E-state index in [0.717, 1.165) is 85.9 Å². The molecule has 2 aromatic carbocycles. The molecule has 0 radical (unpaired) electrons. The maximum atomic E-state index is 13.8. The summed E-state index contributed by atoms with van der Waals surface area (Å²) in [5.41, 5.74) is 7.85. The average molecular weight is 626 g/mol. The number of aryl methyl sites for hydroxylation is 2. The Bertz CT molecular complexity index is 1620. The molecular formula is C37H47N5O4. The number of pyridine rings is 1. The van der Waals surface area contributed by atoms with Crippen LogP contribution in [0.1, 0.15) is 58.1 Å². The second-order valence-electron chi connectivity index (χ2n) is 12.4. The van der Waals surface area contributed by atoms with E-state index < -0.39 is 0 Å². The molecule has 2 fully saturated rings. The second-order valence-corrected chi connectivity index (χ2v) is 12.4. The van der Waals surface area contributed by atoms with E-state index in [4.69, 9.17) is 4.74 Å². The predicted octanol–water partition coefficient (Wildman–Crippen LogP) is 4.73. The number of hydrogen-bond acceptors (Lipinski definition) is 6. The minimum absolute atomic E-state index is 0.00750. The van der Waals surface area contributed by atoms with Crippen LogP contribution in [0.4, 0.5) is 5.69 Å². The number of hydrogen-bond donors (Lipinski definition) is 2. The zero-order valence-corrected chi connectivity index (χ0v) is 27.7. The number of aromatic amines is 1. The molecule has 0 aliphatic carbocycles. The molecule has 46 heavy (non-hydrogen) atoms. The predicted molar refractivity (Wildman–Crippen MR) is 183 cm³/mol. The first kappa shape index (κ1) is 33.2.